The summed E-state index contributed by atoms with van der Waals surface area (Å²) in [7, 11) is 0. The molecule has 0 aromatic carbocycles. The number of rotatable bonds is 10. The van der Waals surface area contributed by atoms with Gasteiger partial charge in [-0.25, -0.2) is 23.3 Å². The van der Waals surface area contributed by atoms with Crippen molar-refractivity contribution in [3.63, 3.8) is 0 Å². The zero-order chi connectivity index (χ0) is 15.9. The van der Waals surface area contributed by atoms with Crippen molar-refractivity contribution in [3.8, 4) is 0 Å². The van der Waals surface area contributed by atoms with Crippen molar-refractivity contribution in [2.75, 3.05) is 0 Å². The van der Waals surface area contributed by atoms with Gasteiger partial charge in [0.05, 0.1) is 0 Å². The molecular weight excluding hydrogens is 391 g/mol. The molecule has 2 heteroatoms. The van der Waals surface area contributed by atoms with E-state index in [4.69, 9.17) is 0 Å². The standard InChI is InChI=1S/2C11H17.ClH.Zr/c2*1-2-3-4-5-8-11-9-6-7-10-11;;/h2*6,9H,2-5,7-8H2,1H3;1H;/q2*-1;;+2/p-1. The molecule has 0 bridgehead atoms. The van der Waals surface area contributed by atoms with Crippen molar-refractivity contribution in [2.24, 2.45) is 0 Å². The Balaban J connectivity index is 0. The average Bonchev–Trinajstić information content (AvgIpc) is 3.22. The van der Waals surface area contributed by atoms with Crippen LogP contribution in [0.3, 0.4) is 0 Å². The van der Waals surface area contributed by atoms with E-state index in [1.807, 2.05) is 0 Å². The second-order valence-electron chi connectivity index (χ2n) is 6.24. The molecule has 134 valence electrons. The average molecular weight is 425 g/mol. The van der Waals surface area contributed by atoms with Crippen molar-refractivity contribution in [2.45, 2.75) is 90.9 Å². The molecule has 2 rings (SSSR count). The Morgan fingerprint density at radius 3 is 1.42 bits per heavy atom. The van der Waals surface area contributed by atoms with Gasteiger partial charge >= 0.3 is 26.2 Å². The summed E-state index contributed by atoms with van der Waals surface area (Å²) in [6.07, 6.45) is 31.0. The molecule has 0 radical (unpaired) electrons. The second-order valence-corrected chi connectivity index (χ2v) is 6.24. The van der Waals surface area contributed by atoms with Gasteiger partial charge in [0.1, 0.15) is 0 Å². The minimum absolute atomic E-state index is 0. The Morgan fingerprint density at radius 1 is 0.708 bits per heavy atom. The second kappa shape index (κ2) is 19.5. The number of hydrogen-bond donors (Lipinski definition) is 0. The number of allylic oxidation sites excluding steroid dienone is 8. The summed E-state index contributed by atoms with van der Waals surface area (Å²) in [4.78, 5) is 0. The summed E-state index contributed by atoms with van der Waals surface area (Å²) in [5.74, 6) is 0. The van der Waals surface area contributed by atoms with Crippen molar-refractivity contribution < 1.29 is 38.6 Å². The van der Waals surface area contributed by atoms with Crippen LogP contribution in [0, 0.1) is 12.2 Å². The molecule has 0 spiro atoms. The molecule has 0 saturated heterocycles. The maximum atomic E-state index is 3.34. The molecule has 0 fully saturated rings. The third-order valence-corrected chi connectivity index (χ3v) is 4.13. The molecule has 0 unspecified atom stereocenters. The van der Waals surface area contributed by atoms with Crippen LogP contribution >= 0.6 is 0 Å². The first-order chi connectivity index (χ1) is 10.9. The topological polar surface area (TPSA) is 0 Å². The zero-order valence-electron chi connectivity index (χ0n) is 15.7. The molecule has 0 amide bonds. The minimum Gasteiger partial charge on any atom is -1.00 e. The Bertz CT molecular complexity index is 353. The van der Waals surface area contributed by atoms with Crippen molar-refractivity contribution in [1.82, 2.24) is 0 Å². The van der Waals surface area contributed by atoms with Crippen LogP contribution in [0.25, 0.3) is 0 Å². The Morgan fingerprint density at radius 2 is 1.12 bits per heavy atom. The van der Waals surface area contributed by atoms with Crippen molar-refractivity contribution in [3.05, 3.63) is 47.6 Å². The van der Waals surface area contributed by atoms with Gasteiger partial charge in [0.15, 0.2) is 0 Å². The van der Waals surface area contributed by atoms with Gasteiger partial charge in [-0.3, -0.25) is 12.2 Å². The van der Waals surface area contributed by atoms with Gasteiger partial charge in [0.25, 0.3) is 0 Å². The Hall–Kier alpha value is 0.133. The number of halogens is 1. The van der Waals surface area contributed by atoms with Gasteiger partial charge in [-0.2, -0.15) is 12.2 Å². The van der Waals surface area contributed by atoms with Crippen LogP contribution in [0.1, 0.15) is 90.9 Å². The third-order valence-electron chi connectivity index (χ3n) is 4.13. The fourth-order valence-corrected chi connectivity index (χ4v) is 2.73. The van der Waals surface area contributed by atoms with Gasteiger partial charge in [0.2, 0.25) is 0 Å². The summed E-state index contributed by atoms with van der Waals surface area (Å²) in [6, 6.07) is 0. The summed E-state index contributed by atoms with van der Waals surface area (Å²) >= 11 is 0. The molecule has 0 N–H and O–H groups in total. The first-order valence-corrected chi connectivity index (χ1v) is 9.39. The monoisotopic (exact) mass is 423 g/mol. The van der Waals surface area contributed by atoms with Crippen molar-refractivity contribution in [1.29, 1.82) is 0 Å². The third kappa shape index (κ3) is 14.5. The first kappa shape index (κ1) is 26.4. The van der Waals surface area contributed by atoms with E-state index >= 15 is 0 Å². The van der Waals surface area contributed by atoms with Crippen LogP contribution in [-0.2, 0) is 26.2 Å². The Labute approximate surface area is 176 Å². The molecule has 0 atom stereocenters. The zero-order valence-corrected chi connectivity index (χ0v) is 18.9. The molecule has 0 aromatic heterocycles. The molecule has 2 aliphatic carbocycles. The molecule has 0 saturated carbocycles. The van der Waals surface area contributed by atoms with E-state index in [1.165, 1.54) is 75.4 Å². The smallest absolute Gasteiger partial charge is 1.00 e. The largest absolute Gasteiger partial charge is 2.00 e. The normalized spacial score (nSPS) is 14.2. The van der Waals surface area contributed by atoms with Gasteiger partial charge in [-0.05, 0) is 0 Å². The van der Waals surface area contributed by atoms with Crippen LogP contribution in [0.2, 0.25) is 0 Å². The van der Waals surface area contributed by atoms with Gasteiger partial charge in [0, 0.05) is 0 Å². The van der Waals surface area contributed by atoms with E-state index < -0.39 is 0 Å². The fourth-order valence-electron chi connectivity index (χ4n) is 2.73. The summed E-state index contributed by atoms with van der Waals surface area (Å²) in [5.41, 5.74) is 2.86. The van der Waals surface area contributed by atoms with E-state index in [-0.39, 0.29) is 38.6 Å². The van der Waals surface area contributed by atoms with Crippen LogP contribution in [0.5, 0.6) is 0 Å². The molecule has 24 heavy (non-hydrogen) atoms. The molecule has 0 heterocycles. The number of hydrogen-bond acceptors (Lipinski definition) is 0. The van der Waals surface area contributed by atoms with Crippen LogP contribution in [-0.4, -0.2) is 0 Å². The maximum Gasteiger partial charge on any atom is 2.00 e. The summed E-state index contributed by atoms with van der Waals surface area (Å²) < 4.78 is 0. The van der Waals surface area contributed by atoms with Gasteiger partial charge in [-0.15, -0.1) is 12.8 Å². The quantitative estimate of drug-likeness (QED) is 0.362. The molecular formula is C22H34ClZr-. The molecule has 2 aliphatic rings. The van der Waals surface area contributed by atoms with E-state index in [2.05, 4.69) is 50.3 Å². The van der Waals surface area contributed by atoms with Crippen molar-refractivity contribution >= 4 is 0 Å². The molecule has 0 aromatic rings. The van der Waals surface area contributed by atoms with Crippen LogP contribution in [0.15, 0.2) is 35.5 Å². The maximum absolute atomic E-state index is 3.34. The summed E-state index contributed by atoms with van der Waals surface area (Å²) in [5, 5.41) is 0. The summed E-state index contributed by atoms with van der Waals surface area (Å²) in [6.45, 7) is 4.50. The SMILES string of the molecule is CCCCCCC1=[C-]CC=C1.CCCCCCC1=[C-]CC=C1.[Cl-].[Zr+2]. The van der Waals surface area contributed by atoms with E-state index in [1.54, 1.807) is 0 Å². The Kier molecular flexibility index (Phi) is 21.4. The van der Waals surface area contributed by atoms with Crippen LogP contribution < -0.4 is 12.4 Å². The van der Waals surface area contributed by atoms with E-state index in [9.17, 15) is 0 Å². The van der Waals surface area contributed by atoms with E-state index in [0.717, 1.165) is 12.8 Å². The van der Waals surface area contributed by atoms with E-state index in [0.29, 0.717) is 0 Å². The van der Waals surface area contributed by atoms with Gasteiger partial charge in [-0.1, -0.05) is 78.1 Å². The van der Waals surface area contributed by atoms with Gasteiger partial charge < -0.3 is 12.4 Å². The predicted molar refractivity (Wildman–Crippen MR) is 98.5 cm³/mol. The van der Waals surface area contributed by atoms with Crippen LogP contribution in [0.4, 0.5) is 0 Å². The molecule has 0 nitrogen and oxygen atoms in total. The fraction of sp³-hybridized carbons (Fsp3) is 0.636. The minimum atomic E-state index is 0. The number of unbranched alkanes of at least 4 members (excludes halogenated alkanes) is 6. The first-order valence-electron chi connectivity index (χ1n) is 9.39. The molecule has 0 aliphatic heterocycles. The predicted octanol–water partition coefficient (Wildman–Crippen LogP) is 4.29.